The van der Waals surface area contributed by atoms with Crippen molar-refractivity contribution in [1.29, 1.82) is 0 Å². The van der Waals surface area contributed by atoms with E-state index in [-0.39, 0.29) is 18.9 Å². The molecule has 25 heavy (non-hydrogen) atoms. The van der Waals surface area contributed by atoms with Crippen LogP contribution < -0.4 is 0 Å². The van der Waals surface area contributed by atoms with Gasteiger partial charge in [0.2, 0.25) is 29.4 Å². The number of carbonyl (C=O) groups is 1. The molecule has 0 spiro atoms. The molecule has 0 saturated heterocycles. The first kappa shape index (κ1) is 16.8. The Balaban J connectivity index is 1.52. The van der Waals surface area contributed by atoms with Crippen LogP contribution in [0.2, 0.25) is 0 Å². The van der Waals surface area contributed by atoms with E-state index in [4.69, 9.17) is 8.94 Å². The van der Waals surface area contributed by atoms with Crippen LogP contribution in [0.25, 0.3) is 11.4 Å². The van der Waals surface area contributed by atoms with Crippen molar-refractivity contribution < 1.29 is 13.7 Å². The molecule has 0 aliphatic heterocycles. The largest absolute Gasteiger partial charge is 0.423 e. The van der Waals surface area contributed by atoms with Crippen LogP contribution in [-0.4, -0.2) is 38.2 Å². The SMILES string of the molecule is CCc1nnc(CN(C)C(=O)CCc2nc(-c3ccccc3)no2)o1. The van der Waals surface area contributed by atoms with Gasteiger partial charge < -0.3 is 13.8 Å². The van der Waals surface area contributed by atoms with Gasteiger partial charge in [-0.2, -0.15) is 4.98 Å². The van der Waals surface area contributed by atoms with Crippen molar-refractivity contribution in [2.45, 2.75) is 32.7 Å². The highest BCUT2D eigenvalue weighted by Crippen LogP contribution is 2.15. The summed E-state index contributed by atoms with van der Waals surface area (Å²) in [6.07, 6.45) is 1.32. The number of aryl methyl sites for hydroxylation is 2. The van der Waals surface area contributed by atoms with Gasteiger partial charge in [-0.25, -0.2) is 0 Å². The van der Waals surface area contributed by atoms with Crippen LogP contribution in [0.5, 0.6) is 0 Å². The molecule has 0 unspecified atom stereocenters. The highest BCUT2D eigenvalue weighted by molar-refractivity contribution is 5.75. The Hall–Kier alpha value is -3.03. The van der Waals surface area contributed by atoms with E-state index in [1.54, 1.807) is 11.9 Å². The molecule has 1 aromatic carbocycles. The van der Waals surface area contributed by atoms with Crippen molar-refractivity contribution in [2.75, 3.05) is 7.05 Å². The highest BCUT2D eigenvalue weighted by atomic mass is 16.5. The van der Waals surface area contributed by atoms with Crippen LogP contribution >= 0.6 is 0 Å². The molecule has 2 aromatic heterocycles. The van der Waals surface area contributed by atoms with E-state index in [2.05, 4.69) is 20.3 Å². The lowest BCUT2D eigenvalue weighted by atomic mass is 10.2. The molecule has 0 aliphatic rings. The van der Waals surface area contributed by atoms with Crippen molar-refractivity contribution in [3.05, 3.63) is 48.0 Å². The minimum Gasteiger partial charge on any atom is -0.423 e. The average molecular weight is 341 g/mol. The van der Waals surface area contributed by atoms with E-state index >= 15 is 0 Å². The van der Waals surface area contributed by atoms with Crippen LogP contribution in [0.4, 0.5) is 0 Å². The van der Waals surface area contributed by atoms with E-state index in [0.717, 1.165) is 5.56 Å². The minimum absolute atomic E-state index is 0.0595. The Labute approximate surface area is 144 Å². The fourth-order valence-corrected chi connectivity index (χ4v) is 2.25. The first-order valence-electron chi connectivity index (χ1n) is 8.09. The molecular weight excluding hydrogens is 322 g/mol. The topological polar surface area (TPSA) is 98.2 Å². The summed E-state index contributed by atoms with van der Waals surface area (Å²) in [7, 11) is 1.70. The normalized spacial score (nSPS) is 10.8. The van der Waals surface area contributed by atoms with Crippen molar-refractivity contribution in [2.24, 2.45) is 0 Å². The molecule has 0 N–H and O–H groups in total. The summed E-state index contributed by atoms with van der Waals surface area (Å²) in [5, 5.41) is 11.7. The second kappa shape index (κ2) is 7.69. The average Bonchev–Trinajstić information content (AvgIpc) is 3.29. The van der Waals surface area contributed by atoms with Crippen LogP contribution in [0.3, 0.4) is 0 Å². The van der Waals surface area contributed by atoms with E-state index in [9.17, 15) is 4.79 Å². The fraction of sp³-hybridized carbons (Fsp3) is 0.353. The zero-order valence-electron chi connectivity index (χ0n) is 14.2. The molecule has 0 aliphatic carbocycles. The van der Waals surface area contributed by atoms with Gasteiger partial charge in [0, 0.05) is 31.9 Å². The zero-order valence-corrected chi connectivity index (χ0v) is 14.2. The number of hydrogen-bond acceptors (Lipinski definition) is 7. The first-order chi connectivity index (χ1) is 12.2. The number of carbonyl (C=O) groups excluding carboxylic acids is 1. The van der Waals surface area contributed by atoms with E-state index in [1.807, 2.05) is 37.3 Å². The summed E-state index contributed by atoms with van der Waals surface area (Å²) in [6, 6.07) is 9.55. The van der Waals surface area contributed by atoms with Gasteiger partial charge in [0.25, 0.3) is 0 Å². The van der Waals surface area contributed by atoms with Gasteiger partial charge in [0.15, 0.2) is 0 Å². The Morgan fingerprint density at radius 1 is 1.12 bits per heavy atom. The molecule has 1 amide bonds. The molecule has 2 heterocycles. The van der Waals surface area contributed by atoms with E-state index < -0.39 is 0 Å². The van der Waals surface area contributed by atoms with Gasteiger partial charge in [-0.15, -0.1) is 10.2 Å². The zero-order chi connectivity index (χ0) is 17.6. The quantitative estimate of drug-likeness (QED) is 0.650. The Bertz CT molecular complexity index is 828. The number of rotatable bonds is 7. The summed E-state index contributed by atoms with van der Waals surface area (Å²) < 4.78 is 10.6. The monoisotopic (exact) mass is 341 g/mol. The first-order valence-corrected chi connectivity index (χ1v) is 8.09. The predicted molar refractivity (Wildman–Crippen MR) is 88.2 cm³/mol. The molecule has 0 radical (unpaired) electrons. The third kappa shape index (κ3) is 4.28. The minimum atomic E-state index is -0.0595. The summed E-state index contributed by atoms with van der Waals surface area (Å²) in [4.78, 5) is 18.1. The van der Waals surface area contributed by atoms with Crippen LogP contribution in [0.1, 0.15) is 31.0 Å². The second-order valence-electron chi connectivity index (χ2n) is 5.57. The maximum Gasteiger partial charge on any atom is 0.235 e. The predicted octanol–water partition coefficient (Wildman–Crippen LogP) is 2.27. The number of nitrogens with zero attached hydrogens (tertiary/aromatic N) is 5. The number of amides is 1. The lowest BCUT2D eigenvalue weighted by molar-refractivity contribution is -0.130. The number of hydrogen-bond donors (Lipinski definition) is 0. The van der Waals surface area contributed by atoms with Crippen LogP contribution in [0.15, 0.2) is 39.3 Å². The van der Waals surface area contributed by atoms with Crippen LogP contribution in [-0.2, 0) is 24.2 Å². The molecule has 8 nitrogen and oxygen atoms in total. The Kier molecular flexibility index (Phi) is 5.17. The number of aromatic nitrogens is 4. The highest BCUT2D eigenvalue weighted by Gasteiger charge is 2.15. The fourth-order valence-electron chi connectivity index (χ4n) is 2.25. The lowest BCUT2D eigenvalue weighted by Crippen LogP contribution is -2.26. The third-order valence-electron chi connectivity index (χ3n) is 3.66. The van der Waals surface area contributed by atoms with Crippen LogP contribution in [0, 0.1) is 0 Å². The van der Waals surface area contributed by atoms with Gasteiger partial charge in [0.05, 0.1) is 6.54 Å². The summed E-state index contributed by atoms with van der Waals surface area (Å²) >= 11 is 0. The van der Waals surface area contributed by atoms with Gasteiger partial charge >= 0.3 is 0 Å². The van der Waals surface area contributed by atoms with E-state index in [1.165, 1.54) is 0 Å². The molecular formula is C17H19N5O3. The molecule has 8 heteroatoms. The third-order valence-corrected chi connectivity index (χ3v) is 3.66. The molecule has 0 saturated carbocycles. The lowest BCUT2D eigenvalue weighted by Gasteiger charge is -2.13. The molecule has 3 aromatic rings. The summed E-state index contributed by atoms with van der Waals surface area (Å²) in [5.41, 5.74) is 0.879. The van der Waals surface area contributed by atoms with Crippen molar-refractivity contribution >= 4 is 5.91 Å². The van der Waals surface area contributed by atoms with Crippen molar-refractivity contribution in [1.82, 2.24) is 25.2 Å². The molecule has 130 valence electrons. The summed E-state index contributed by atoms with van der Waals surface area (Å²) in [5.74, 6) is 1.89. The maximum absolute atomic E-state index is 12.2. The molecule has 0 atom stereocenters. The van der Waals surface area contributed by atoms with Crippen molar-refractivity contribution in [3.63, 3.8) is 0 Å². The smallest absolute Gasteiger partial charge is 0.235 e. The van der Waals surface area contributed by atoms with Gasteiger partial charge in [-0.05, 0) is 0 Å². The maximum atomic E-state index is 12.2. The number of benzene rings is 1. The van der Waals surface area contributed by atoms with Gasteiger partial charge in [-0.3, -0.25) is 4.79 Å². The van der Waals surface area contributed by atoms with Crippen molar-refractivity contribution in [3.8, 4) is 11.4 Å². The Morgan fingerprint density at radius 2 is 1.88 bits per heavy atom. The van der Waals surface area contributed by atoms with Gasteiger partial charge in [-0.1, -0.05) is 42.4 Å². The van der Waals surface area contributed by atoms with Gasteiger partial charge in [0.1, 0.15) is 0 Å². The van der Waals surface area contributed by atoms with E-state index in [0.29, 0.717) is 36.3 Å². The molecule has 0 bridgehead atoms. The Morgan fingerprint density at radius 3 is 2.60 bits per heavy atom. The summed E-state index contributed by atoms with van der Waals surface area (Å²) in [6.45, 7) is 2.21. The molecule has 3 rings (SSSR count). The standard InChI is InChI=1S/C17H19N5O3/c1-3-13-19-20-15(24-13)11-22(2)16(23)10-9-14-18-17(21-25-14)12-7-5-4-6-8-12/h4-8H,3,9-11H2,1-2H3. The molecule has 0 fully saturated rings. The second-order valence-corrected chi connectivity index (χ2v) is 5.57.